The molecule has 9 rings (SSSR count). The molecule has 0 unspecified atom stereocenters. The number of anilines is 4. The summed E-state index contributed by atoms with van der Waals surface area (Å²) < 4.78 is 18.9. The van der Waals surface area contributed by atoms with Crippen molar-refractivity contribution < 1.29 is 13.9 Å². The van der Waals surface area contributed by atoms with Crippen LogP contribution in [0.1, 0.15) is 30.9 Å². The SMILES string of the molecule is CC(=O)Nc1cccc(-c2ccc3ncnc(Nc4ccc(CC#N)cc4)c3c2)c1.N#CCC1=CC=C(Nc2ncnc3ccc(-c4ccc(OCc5ccc(F)cc5)cc4)cc23)C=CC1. The van der Waals surface area contributed by atoms with Crippen LogP contribution in [-0.2, 0) is 17.8 Å². The molecule has 1 aliphatic rings. The van der Waals surface area contributed by atoms with Crippen LogP contribution in [0.15, 0.2) is 182 Å². The molecule has 1 aliphatic carbocycles. The molecule has 0 saturated carbocycles. The fourth-order valence-corrected chi connectivity index (χ4v) is 7.20. The standard InChI is InChI=1S/C30H23FN4O.C24H19N5O/c31-25-10-4-22(5-11-25)19-36-27-13-7-23(8-14-27)24-9-15-29-28(18-24)30(34-20-33-29)35-26-3-1-2-21(6-12-26)16-17-32;1-16(30)28-21-4-2-3-18(13-21)19-7-10-23-22(14-19)24(27-15-26-23)29-20-8-5-17(6-9-20)11-12-25/h1,3-15,18,20H,2,16,19H2,(H,33,34,35);2-10,13-15H,11H2,1H3,(H,28,30)(H,26,27,29). The third-order valence-corrected chi connectivity index (χ3v) is 10.5. The topological polar surface area (TPSA) is 162 Å². The van der Waals surface area contributed by atoms with E-state index in [0.29, 0.717) is 31.1 Å². The highest BCUT2D eigenvalue weighted by Crippen LogP contribution is 2.31. The third kappa shape index (κ3) is 11.3. The number of rotatable bonds is 12. The van der Waals surface area contributed by atoms with E-state index in [0.717, 1.165) is 90.0 Å². The van der Waals surface area contributed by atoms with Gasteiger partial charge >= 0.3 is 0 Å². The molecule has 0 radical (unpaired) electrons. The van der Waals surface area contributed by atoms with Crippen LogP contribution in [-0.4, -0.2) is 25.8 Å². The second-order valence-corrected chi connectivity index (χ2v) is 15.3. The second kappa shape index (κ2) is 20.9. The van der Waals surface area contributed by atoms with Gasteiger partial charge < -0.3 is 20.7 Å². The lowest BCUT2D eigenvalue weighted by Crippen LogP contribution is -2.05. The summed E-state index contributed by atoms with van der Waals surface area (Å²) >= 11 is 0. The minimum absolute atomic E-state index is 0.105. The van der Waals surface area contributed by atoms with Gasteiger partial charge in [0.25, 0.3) is 0 Å². The number of fused-ring (bicyclic) bond motifs is 2. The van der Waals surface area contributed by atoms with E-state index in [9.17, 15) is 9.18 Å². The van der Waals surface area contributed by atoms with Crippen molar-refractivity contribution in [3.63, 3.8) is 0 Å². The molecular formula is C54H42FN9O2. The Bertz CT molecular complexity index is 3210. The number of aromatic nitrogens is 4. The number of amides is 1. The summed E-state index contributed by atoms with van der Waals surface area (Å²) in [6.07, 6.45) is 12.7. The molecule has 0 aliphatic heterocycles. The molecule has 2 aromatic heterocycles. The van der Waals surface area contributed by atoms with Crippen LogP contribution in [0.4, 0.5) is 27.4 Å². The van der Waals surface area contributed by atoms with Crippen molar-refractivity contribution in [2.24, 2.45) is 0 Å². The zero-order chi connectivity index (χ0) is 45.7. The normalized spacial score (nSPS) is 11.8. The number of allylic oxidation sites excluding steroid dienone is 5. The lowest BCUT2D eigenvalue weighted by molar-refractivity contribution is -0.114. The number of nitriles is 2. The zero-order valence-electron chi connectivity index (χ0n) is 35.9. The highest BCUT2D eigenvalue weighted by atomic mass is 19.1. The van der Waals surface area contributed by atoms with Crippen LogP contribution in [0.2, 0.25) is 0 Å². The molecule has 1 amide bonds. The zero-order valence-corrected chi connectivity index (χ0v) is 35.9. The van der Waals surface area contributed by atoms with Crippen molar-refractivity contribution in [3.8, 4) is 40.1 Å². The monoisotopic (exact) mass is 867 g/mol. The van der Waals surface area contributed by atoms with E-state index in [-0.39, 0.29) is 11.7 Å². The number of halogens is 1. The minimum atomic E-state index is -0.258. The molecule has 0 atom stereocenters. The van der Waals surface area contributed by atoms with Gasteiger partial charge in [-0.2, -0.15) is 10.5 Å². The Labute approximate surface area is 381 Å². The molecule has 3 N–H and O–H groups in total. The summed E-state index contributed by atoms with van der Waals surface area (Å²) in [4.78, 5) is 29.0. The van der Waals surface area contributed by atoms with E-state index in [1.807, 2.05) is 127 Å². The molecule has 8 aromatic rings. The molecule has 66 heavy (non-hydrogen) atoms. The molecule has 0 bridgehead atoms. The number of ether oxygens (including phenoxy) is 1. The third-order valence-electron chi connectivity index (χ3n) is 10.5. The van der Waals surface area contributed by atoms with E-state index < -0.39 is 0 Å². The van der Waals surface area contributed by atoms with Gasteiger partial charge in [-0.1, -0.05) is 78.4 Å². The predicted octanol–water partition coefficient (Wildman–Crippen LogP) is 12.2. The second-order valence-electron chi connectivity index (χ2n) is 15.3. The fraction of sp³-hybridized carbons (Fsp3) is 0.0926. The molecule has 2 heterocycles. The first-order chi connectivity index (χ1) is 32.3. The number of hydrogen-bond acceptors (Lipinski definition) is 10. The first-order valence-electron chi connectivity index (χ1n) is 21.1. The molecular weight excluding hydrogens is 826 g/mol. The average molecular weight is 868 g/mol. The Balaban J connectivity index is 0.000000182. The number of nitrogens with zero attached hydrogens (tertiary/aromatic N) is 6. The molecule has 11 nitrogen and oxygen atoms in total. The molecule has 322 valence electrons. The first kappa shape index (κ1) is 43.6. The molecule has 0 spiro atoms. The predicted molar refractivity (Wildman–Crippen MR) is 258 cm³/mol. The summed E-state index contributed by atoms with van der Waals surface area (Å²) in [5, 5.41) is 29.1. The van der Waals surface area contributed by atoms with E-state index >= 15 is 0 Å². The van der Waals surface area contributed by atoms with Crippen LogP contribution in [0.5, 0.6) is 5.75 Å². The largest absolute Gasteiger partial charge is 0.489 e. The van der Waals surface area contributed by atoms with Crippen LogP contribution in [0, 0.1) is 28.5 Å². The highest BCUT2D eigenvalue weighted by molar-refractivity contribution is 5.95. The lowest BCUT2D eigenvalue weighted by Gasteiger charge is -2.11. The summed E-state index contributed by atoms with van der Waals surface area (Å²) in [7, 11) is 0. The minimum Gasteiger partial charge on any atom is -0.489 e. The molecule has 6 aromatic carbocycles. The van der Waals surface area contributed by atoms with E-state index in [1.165, 1.54) is 25.4 Å². The van der Waals surface area contributed by atoms with Crippen molar-refractivity contribution in [2.75, 3.05) is 16.0 Å². The van der Waals surface area contributed by atoms with E-state index in [2.05, 4.69) is 54.1 Å². The van der Waals surface area contributed by atoms with Gasteiger partial charge in [0.2, 0.25) is 5.91 Å². The van der Waals surface area contributed by atoms with Crippen LogP contribution < -0.4 is 20.7 Å². The van der Waals surface area contributed by atoms with Gasteiger partial charge in [0.15, 0.2) is 0 Å². The number of benzene rings is 6. The summed E-state index contributed by atoms with van der Waals surface area (Å²) in [6.45, 7) is 1.87. The highest BCUT2D eigenvalue weighted by Gasteiger charge is 2.11. The molecule has 0 fully saturated rings. The van der Waals surface area contributed by atoms with E-state index in [1.54, 1.807) is 18.5 Å². The van der Waals surface area contributed by atoms with Gasteiger partial charge in [-0.05, 0) is 125 Å². The van der Waals surface area contributed by atoms with Crippen molar-refractivity contribution in [2.45, 2.75) is 32.8 Å². The van der Waals surface area contributed by atoms with Crippen molar-refractivity contribution in [1.29, 1.82) is 10.5 Å². The Morgan fingerprint density at radius 3 is 1.94 bits per heavy atom. The van der Waals surface area contributed by atoms with Gasteiger partial charge in [0, 0.05) is 34.8 Å². The molecule has 0 saturated heterocycles. The van der Waals surface area contributed by atoms with Crippen molar-refractivity contribution in [1.82, 2.24) is 19.9 Å². The maximum Gasteiger partial charge on any atom is 0.221 e. The Kier molecular flexibility index (Phi) is 13.8. The van der Waals surface area contributed by atoms with Crippen LogP contribution in [0.25, 0.3) is 44.1 Å². The van der Waals surface area contributed by atoms with Crippen molar-refractivity contribution in [3.05, 3.63) is 199 Å². The van der Waals surface area contributed by atoms with Crippen molar-refractivity contribution >= 4 is 50.7 Å². The number of carbonyl (C=O) groups excluding carboxylic acids is 1. The Morgan fingerprint density at radius 2 is 1.27 bits per heavy atom. The maximum atomic E-state index is 13.1. The average Bonchev–Trinajstić information content (AvgIpc) is 3.57. The fourth-order valence-electron chi connectivity index (χ4n) is 7.20. The van der Waals surface area contributed by atoms with Gasteiger partial charge in [-0.15, -0.1) is 0 Å². The maximum absolute atomic E-state index is 13.1. The number of carbonyl (C=O) groups is 1. The lowest BCUT2D eigenvalue weighted by atomic mass is 10.0. The van der Waals surface area contributed by atoms with Gasteiger partial charge in [-0.3, -0.25) is 4.79 Å². The summed E-state index contributed by atoms with van der Waals surface area (Å²) in [5.41, 5.74) is 11.2. The van der Waals surface area contributed by atoms with Gasteiger partial charge in [0.1, 0.15) is 42.5 Å². The quantitative estimate of drug-likeness (QED) is 0.108. The Hall–Kier alpha value is -9.00. The number of hydrogen-bond donors (Lipinski definition) is 3. The van der Waals surface area contributed by atoms with Crippen LogP contribution in [0.3, 0.4) is 0 Å². The van der Waals surface area contributed by atoms with Crippen LogP contribution >= 0.6 is 0 Å². The molecule has 12 heteroatoms. The summed E-state index contributed by atoms with van der Waals surface area (Å²) in [6, 6.07) is 46.0. The smallest absolute Gasteiger partial charge is 0.221 e. The van der Waals surface area contributed by atoms with E-state index in [4.69, 9.17) is 15.3 Å². The number of nitrogens with one attached hydrogen (secondary N) is 3. The first-order valence-corrected chi connectivity index (χ1v) is 21.1. The van der Waals surface area contributed by atoms with Gasteiger partial charge in [0.05, 0.1) is 36.0 Å². The Morgan fingerprint density at radius 1 is 0.652 bits per heavy atom. The summed E-state index contributed by atoms with van der Waals surface area (Å²) in [5.74, 6) is 1.80. The van der Waals surface area contributed by atoms with Gasteiger partial charge in [-0.25, -0.2) is 24.3 Å².